The number of nitrogens with zero attached hydrogens (tertiary/aromatic N) is 1. The summed E-state index contributed by atoms with van der Waals surface area (Å²) in [6, 6.07) is 57.2. The molecule has 0 spiro atoms. The highest BCUT2D eigenvalue weighted by atomic mass is 16.5. The lowest BCUT2D eigenvalue weighted by Gasteiger charge is -2.27. The largest absolute Gasteiger partial charge is 0.423 e. The average Bonchev–Trinajstić information content (AvgIpc) is 3.15. The van der Waals surface area contributed by atoms with Crippen molar-refractivity contribution < 1.29 is 9.53 Å². The summed E-state index contributed by atoms with van der Waals surface area (Å²) in [4.78, 5) is 14.1. The summed E-state index contributed by atoms with van der Waals surface area (Å²) in [7, 11) is 0. The normalized spacial score (nSPS) is 11.6. The number of rotatable bonds is 8. The van der Waals surface area contributed by atoms with Crippen molar-refractivity contribution in [2.75, 3.05) is 4.90 Å². The van der Waals surface area contributed by atoms with E-state index in [1.54, 1.807) is 0 Å². The number of hydrogen-bond acceptors (Lipinski definition) is 3. The molecule has 8 rings (SSSR count). The molecule has 0 atom stereocenters. The van der Waals surface area contributed by atoms with E-state index in [0.29, 0.717) is 5.75 Å². The first-order valence-electron chi connectivity index (χ1n) is 16.0. The highest BCUT2D eigenvalue weighted by molar-refractivity contribution is 6.25. The molecule has 0 amide bonds. The van der Waals surface area contributed by atoms with Gasteiger partial charge >= 0.3 is 5.97 Å². The van der Waals surface area contributed by atoms with Gasteiger partial charge in [0.15, 0.2) is 0 Å². The first-order valence-corrected chi connectivity index (χ1v) is 16.0. The van der Waals surface area contributed by atoms with E-state index < -0.39 is 5.97 Å². The highest BCUT2D eigenvalue weighted by Crippen LogP contribution is 2.43. The molecule has 0 aromatic heterocycles. The van der Waals surface area contributed by atoms with Crippen molar-refractivity contribution in [1.82, 2.24) is 0 Å². The summed E-state index contributed by atoms with van der Waals surface area (Å²) in [6.45, 7) is 3.48. The predicted molar refractivity (Wildman–Crippen MR) is 201 cm³/mol. The quantitative estimate of drug-likeness (QED) is 0.0558. The van der Waals surface area contributed by atoms with Crippen LogP contribution in [0.4, 0.5) is 17.1 Å². The molecule has 0 heterocycles. The molecule has 48 heavy (non-hydrogen) atoms. The predicted octanol–water partition coefficient (Wildman–Crippen LogP) is 11.7. The van der Waals surface area contributed by atoms with Crippen molar-refractivity contribution in [2.45, 2.75) is 0 Å². The Morgan fingerprint density at radius 1 is 0.542 bits per heavy atom. The minimum absolute atomic E-state index is 0.478. The molecule has 3 nitrogen and oxygen atoms in total. The molecule has 3 heteroatoms. The zero-order valence-electron chi connectivity index (χ0n) is 26.2. The van der Waals surface area contributed by atoms with Gasteiger partial charge in [-0.2, -0.15) is 0 Å². The maximum atomic E-state index is 11.7. The molecule has 0 N–H and O–H groups in total. The van der Waals surface area contributed by atoms with Crippen LogP contribution in [0.2, 0.25) is 0 Å². The van der Waals surface area contributed by atoms with Gasteiger partial charge in [-0.25, -0.2) is 4.79 Å². The minimum atomic E-state index is -0.478. The van der Waals surface area contributed by atoms with E-state index in [1.165, 1.54) is 32.3 Å². The van der Waals surface area contributed by atoms with Crippen LogP contribution < -0.4 is 9.64 Å². The Morgan fingerprint density at radius 3 is 1.81 bits per heavy atom. The third-order valence-corrected chi connectivity index (χ3v) is 8.86. The maximum Gasteiger partial charge on any atom is 0.335 e. The second-order valence-corrected chi connectivity index (χ2v) is 11.8. The summed E-state index contributed by atoms with van der Waals surface area (Å²) in [6.07, 6.45) is 3.36. The van der Waals surface area contributed by atoms with E-state index in [-0.39, 0.29) is 0 Å². The molecule has 0 aliphatic carbocycles. The lowest BCUT2D eigenvalue weighted by Crippen LogP contribution is -2.10. The van der Waals surface area contributed by atoms with E-state index in [9.17, 15) is 4.79 Å². The van der Waals surface area contributed by atoms with E-state index in [2.05, 4.69) is 139 Å². The topological polar surface area (TPSA) is 29.5 Å². The Labute approximate surface area is 279 Å². The lowest BCUT2D eigenvalue weighted by atomic mass is 9.93. The second-order valence-electron chi connectivity index (χ2n) is 11.8. The van der Waals surface area contributed by atoms with Crippen molar-refractivity contribution in [2.24, 2.45) is 0 Å². The summed E-state index contributed by atoms with van der Waals surface area (Å²) >= 11 is 0. The molecular formula is C45H31NO2. The van der Waals surface area contributed by atoms with E-state index >= 15 is 0 Å². The molecular weight excluding hydrogens is 587 g/mol. The summed E-state index contributed by atoms with van der Waals surface area (Å²) in [5.41, 5.74) is 7.55. The Kier molecular flexibility index (Phi) is 7.48. The van der Waals surface area contributed by atoms with Crippen LogP contribution in [-0.4, -0.2) is 5.97 Å². The third kappa shape index (κ3) is 5.38. The zero-order valence-corrected chi connectivity index (χ0v) is 26.2. The van der Waals surface area contributed by atoms with Crippen LogP contribution in [0, 0.1) is 0 Å². The molecule has 0 unspecified atom stereocenters. The number of carbonyl (C=O) groups is 1. The third-order valence-electron chi connectivity index (χ3n) is 8.86. The molecule has 0 fully saturated rings. The first kappa shape index (κ1) is 29.0. The molecule has 0 bridgehead atoms. The molecule has 0 saturated carbocycles. The summed E-state index contributed by atoms with van der Waals surface area (Å²) in [5, 5.41) is 7.58. The number of anilines is 3. The Morgan fingerprint density at radius 2 is 1.12 bits per heavy atom. The SMILES string of the molecule is C=CC(=O)Oc1ccc(/C(=C/c2ccc(N(c3ccccc3)c3ccc4ccc5cccc6ccc3c4c56)cc2)c2ccccc2)cc1. The van der Waals surface area contributed by atoms with Crippen molar-refractivity contribution in [1.29, 1.82) is 0 Å². The minimum Gasteiger partial charge on any atom is -0.423 e. The van der Waals surface area contributed by atoms with Crippen LogP contribution >= 0.6 is 0 Å². The molecule has 0 aliphatic heterocycles. The Hall–Kier alpha value is -6.45. The van der Waals surface area contributed by atoms with E-state index in [4.69, 9.17) is 4.74 Å². The van der Waals surface area contributed by atoms with Crippen molar-refractivity contribution in [3.05, 3.63) is 193 Å². The Balaban J connectivity index is 1.22. The van der Waals surface area contributed by atoms with Gasteiger partial charge < -0.3 is 9.64 Å². The summed E-state index contributed by atoms with van der Waals surface area (Å²) in [5.74, 6) is 0.00140. The lowest BCUT2D eigenvalue weighted by molar-refractivity contribution is -0.128. The zero-order chi connectivity index (χ0) is 32.5. The van der Waals surface area contributed by atoms with Gasteiger partial charge in [0.05, 0.1) is 5.69 Å². The highest BCUT2D eigenvalue weighted by Gasteiger charge is 2.18. The summed E-state index contributed by atoms with van der Waals surface area (Å²) < 4.78 is 5.31. The molecule has 228 valence electrons. The fourth-order valence-electron chi connectivity index (χ4n) is 6.62. The molecule has 0 radical (unpaired) electrons. The molecule has 0 saturated heterocycles. The van der Waals surface area contributed by atoms with Crippen molar-refractivity contribution in [3.8, 4) is 5.75 Å². The number of hydrogen-bond donors (Lipinski definition) is 0. The van der Waals surface area contributed by atoms with Gasteiger partial charge in [-0.1, -0.05) is 128 Å². The van der Waals surface area contributed by atoms with Gasteiger partial charge in [0.1, 0.15) is 5.75 Å². The van der Waals surface area contributed by atoms with Crippen LogP contribution in [0.1, 0.15) is 16.7 Å². The average molecular weight is 618 g/mol. The molecule has 0 aliphatic rings. The van der Waals surface area contributed by atoms with Crippen LogP contribution in [0.5, 0.6) is 5.75 Å². The van der Waals surface area contributed by atoms with Crippen LogP contribution in [-0.2, 0) is 4.79 Å². The van der Waals surface area contributed by atoms with Gasteiger partial charge in [-0.15, -0.1) is 0 Å². The van der Waals surface area contributed by atoms with Crippen LogP contribution in [0.3, 0.4) is 0 Å². The first-order chi connectivity index (χ1) is 23.7. The number of esters is 1. The van der Waals surface area contributed by atoms with Crippen molar-refractivity contribution in [3.63, 3.8) is 0 Å². The number of benzene rings is 8. The van der Waals surface area contributed by atoms with Gasteiger partial charge in [0.2, 0.25) is 0 Å². The fourth-order valence-corrected chi connectivity index (χ4v) is 6.62. The van der Waals surface area contributed by atoms with Crippen molar-refractivity contribution >= 4 is 67.0 Å². The number of ether oxygens (including phenoxy) is 1. The molecule has 8 aromatic carbocycles. The van der Waals surface area contributed by atoms with Gasteiger partial charge in [0.25, 0.3) is 0 Å². The van der Waals surface area contributed by atoms with Gasteiger partial charge in [-0.3, -0.25) is 0 Å². The second kappa shape index (κ2) is 12.4. The van der Waals surface area contributed by atoms with E-state index in [1.807, 2.05) is 42.5 Å². The van der Waals surface area contributed by atoms with Gasteiger partial charge in [0, 0.05) is 22.8 Å². The maximum absolute atomic E-state index is 11.7. The molecule has 8 aromatic rings. The van der Waals surface area contributed by atoms with E-state index in [0.717, 1.165) is 45.4 Å². The fraction of sp³-hybridized carbons (Fsp3) is 0. The number of carbonyl (C=O) groups excluding carboxylic acids is 1. The Bertz CT molecular complexity index is 2410. The number of para-hydroxylation sites is 1. The van der Waals surface area contributed by atoms with Crippen LogP contribution in [0.25, 0.3) is 44.0 Å². The van der Waals surface area contributed by atoms with Crippen LogP contribution in [0.15, 0.2) is 176 Å². The monoisotopic (exact) mass is 617 g/mol. The standard InChI is InChI=1S/C45H31NO2/c1-2-43(47)48-39-26-20-33(21-27-39)41(32-10-5-3-6-11-32)30-31-16-24-38(25-17-31)46(37-14-7-4-8-15-37)42-29-23-36-19-18-34-12-9-13-35-22-28-40(42)45(36)44(34)35/h2-30H,1H2/b41-30+. The van der Waals surface area contributed by atoms with Gasteiger partial charge in [-0.05, 0) is 97.7 Å². The smallest absolute Gasteiger partial charge is 0.335 e.